The van der Waals surface area contributed by atoms with Crippen molar-refractivity contribution >= 4 is 12.1 Å². The van der Waals surface area contributed by atoms with Gasteiger partial charge in [0.05, 0.1) is 18.7 Å². The van der Waals surface area contributed by atoms with Crippen LogP contribution in [0.15, 0.2) is 84.5 Å². The molecule has 148 valence electrons. The van der Waals surface area contributed by atoms with Crippen molar-refractivity contribution in [1.29, 1.82) is 0 Å². The van der Waals surface area contributed by atoms with Gasteiger partial charge in [-0.15, -0.1) is 0 Å². The second kappa shape index (κ2) is 7.59. The summed E-state index contributed by atoms with van der Waals surface area (Å²) in [6.45, 7) is 2.52. The standard InChI is InChI=1S/C24H23NO4/c1-24-14-13-21(25(16-24)23(27)29-18-11-7-4-8-12-18)19(22(26)28-2)15-20(24)17-9-5-3-6-10-17/h3-15,20-21H,16H2,1-2H3/t20-,21-,24-/m1/s1. The SMILES string of the molecule is COC(=O)C1=C[C@H](c2ccccc2)[C@]2(C)C=C[C@H]1N(C(=O)Oc1ccccc1)C2. The highest BCUT2D eigenvalue weighted by Gasteiger charge is 2.46. The molecule has 1 amide bonds. The van der Waals surface area contributed by atoms with Crippen molar-refractivity contribution < 1.29 is 19.1 Å². The number of hydrogen-bond donors (Lipinski definition) is 0. The van der Waals surface area contributed by atoms with E-state index in [1.54, 1.807) is 17.0 Å². The van der Waals surface area contributed by atoms with E-state index in [4.69, 9.17) is 9.47 Å². The second-order valence-corrected chi connectivity index (χ2v) is 7.62. The first-order valence-corrected chi connectivity index (χ1v) is 9.60. The Bertz CT molecular complexity index is 967. The van der Waals surface area contributed by atoms with Crippen LogP contribution in [-0.2, 0) is 9.53 Å². The third kappa shape index (κ3) is 3.56. The molecule has 5 heteroatoms. The van der Waals surface area contributed by atoms with Crippen LogP contribution in [0.5, 0.6) is 5.75 Å². The summed E-state index contributed by atoms with van der Waals surface area (Å²) in [6.07, 6.45) is 5.47. The summed E-state index contributed by atoms with van der Waals surface area (Å²) in [7, 11) is 1.36. The van der Waals surface area contributed by atoms with Gasteiger partial charge in [0.2, 0.25) is 0 Å². The first-order chi connectivity index (χ1) is 14.0. The van der Waals surface area contributed by atoms with Crippen LogP contribution >= 0.6 is 0 Å². The van der Waals surface area contributed by atoms with E-state index in [-0.39, 0.29) is 11.3 Å². The van der Waals surface area contributed by atoms with Gasteiger partial charge < -0.3 is 9.47 Å². The fraction of sp³-hybridized carbons (Fsp3) is 0.250. The number of para-hydroxylation sites is 1. The van der Waals surface area contributed by atoms with Crippen LogP contribution < -0.4 is 4.74 Å². The monoisotopic (exact) mass is 389 g/mol. The van der Waals surface area contributed by atoms with Gasteiger partial charge >= 0.3 is 12.1 Å². The van der Waals surface area contributed by atoms with Gasteiger partial charge in [0, 0.05) is 17.9 Å². The number of amides is 1. The Balaban J connectivity index is 1.73. The molecule has 0 saturated heterocycles. The molecule has 0 radical (unpaired) electrons. The highest BCUT2D eigenvalue weighted by atomic mass is 16.6. The van der Waals surface area contributed by atoms with Crippen LogP contribution in [-0.4, -0.2) is 36.7 Å². The molecule has 5 nitrogen and oxygen atoms in total. The number of allylic oxidation sites excluding steroid dienone is 1. The Morgan fingerprint density at radius 1 is 1.03 bits per heavy atom. The molecule has 2 bridgehead atoms. The number of rotatable bonds is 3. The Morgan fingerprint density at radius 3 is 2.34 bits per heavy atom. The number of methoxy groups -OCH3 is 1. The quantitative estimate of drug-likeness (QED) is 0.579. The zero-order valence-corrected chi connectivity index (χ0v) is 16.4. The van der Waals surface area contributed by atoms with E-state index >= 15 is 0 Å². The first kappa shape index (κ1) is 19.0. The predicted octanol–water partition coefficient (Wildman–Crippen LogP) is 4.33. The van der Waals surface area contributed by atoms with Crippen LogP contribution in [0.3, 0.4) is 0 Å². The van der Waals surface area contributed by atoms with Gasteiger partial charge in [-0.2, -0.15) is 0 Å². The van der Waals surface area contributed by atoms with Gasteiger partial charge in [0.25, 0.3) is 0 Å². The summed E-state index contributed by atoms with van der Waals surface area (Å²) in [6, 6.07) is 18.4. The number of carbonyl (C=O) groups is 2. The number of nitrogens with zero attached hydrogens (tertiary/aromatic N) is 1. The van der Waals surface area contributed by atoms with Gasteiger partial charge in [0.1, 0.15) is 5.75 Å². The van der Waals surface area contributed by atoms with Crippen LogP contribution in [0.1, 0.15) is 18.4 Å². The zero-order chi connectivity index (χ0) is 20.4. The Hall–Kier alpha value is -3.34. The van der Waals surface area contributed by atoms with Crippen molar-refractivity contribution in [3.05, 3.63) is 90.0 Å². The molecule has 0 spiro atoms. The zero-order valence-electron chi connectivity index (χ0n) is 16.4. The van der Waals surface area contributed by atoms with Crippen LogP contribution in [0.25, 0.3) is 0 Å². The maximum Gasteiger partial charge on any atom is 0.416 e. The number of esters is 1. The lowest BCUT2D eigenvalue weighted by Crippen LogP contribution is -2.50. The summed E-state index contributed by atoms with van der Waals surface area (Å²) in [5, 5.41) is 0. The Labute approximate surface area is 170 Å². The number of benzene rings is 2. The maximum atomic E-state index is 13.0. The molecule has 0 N–H and O–H groups in total. The number of fused-ring (bicyclic) bond motifs is 2. The molecule has 2 heterocycles. The molecule has 0 saturated carbocycles. The lowest BCUT2D eigenvalue weighted by Gasteiger charge is -2.41. The Morgan fingerprint density at radius 2 is 1.69 bits per heavy atom. The molecule has 29 heavy (non-hydrogen) atoms. The number of hydrogen-bond acceptors (Lipinski definition) is 4. The van der Waals surface area contributed by atoms with Crippen molar-refractivity contribution in [2.24, 2.45) is 5.41 Å². The lowest BCUT2D eigenvalue weighted by atomic mass is 9.72. The van der Waals surface area contributed by atoms with Gasteiger partial charge in [-0.25, -0.2) is 9.59 Å². The number of ether oxygens (including phenoxy) is 2. The average Bonchev–Trinajstić information content (AvgIpc) is 2.98. The van der Waals surface area contributed by atoms with Crippen molar-refractivity contribution in [3.63, 3.8) is 0 Å². The van der Waals surface area contributed by atoms with E-state index in [1.807, 2.05) is 60.7 Å². The predicted molar refractivity (Wildman–Crippen MR) is 109 cm³/mol. The van der Waals surface area contributed by atoms with Crippen molar-refractivity contribution in [2.75, 3.05) is 13.7 Å². The van der Waals surface area contributed by atoms with Crippen molar-refractivity contribution in [3.8, 4) is 5.75 Å². The van der Waals surface area contributed by atoms with E-state index in [0.717, 1.165) is 5.56 Å². The lowest BCUT2D eigenvalue weighted by molar-refractivity contribution is -0.136. The highest BCUT2D eigenvalue weighted by Crippen LogP contribution is 2.46. The minimum Gasteiger partial charge on any atom is -0.466 e. The third-order valence-corrected chi connectivity index (χ3v) is 5.64. The fourth-order valence-electron chi connectivity index (χ4n) is 4.15. The average molecular weight is 389 g/mol. The van der Waals surface area contributed by atoms with Crippen LogP contribution in [0.4, 0.5) is 4.79 Å². The summed E-state index contributed by atoms with van der Waals surface area (Å²) >= 11 is 0. The van der Waals surface area contributed by atoms with Crippen molar-refractivity contribution in [2.45, 2.75) is 18.9 Å². The minimum atomic E-state index is -0.527. The summed E-state index contributed by atoms with van der Waals surface area (Å²) in [4.78, 5) is 27.3. The second-order valence-electron chi connectivity index (χ2n) is 7.62. The molecule has 2 aromatic carbocycles. The minimum absolute atomic E-state index is 0.0754. The van der Waals surface area contributed by atoms with E-state index in [1.165, 1.54) is 7.11 Å². The largest absolute Gasteiger partial charge is 0.466 e. The molecule has 0 fully saturated rings. The fourth-order valence-corrected chi connectivity index (χ4v) is 4.15. The third-order valence-electron chi connectivity index (χ3n) is 5.64. The molecule has 2 aromatic rings. The highest BCUT2D eigenvalue weighted by molar-refractivity contribution is 5.92. The van der Waals surface area contributed by atoms with E-state index in [0.29, 0.717) is 17.9 Å². The van der Waals surface area contributed by atoms with E-state index in [9.17, 15) is 9.59 Å². The van der Waals surface area contributed by atoms with Crippen LogP contribution in [0, 0.1) is 5.41 Å². The topological polar surface area (TPSA) is 55.8 Å². The summed E-state index contributed by atoms with van der Waals surface area (Å²) in [5.74, 6) is -0.0484. The van der Waals surface area contributed by atoms with Gasteiger partial charge in [-0.05, 0) is 17.7 Å². The normalized spacial score (nSPS) is 25.2. The number of carbonyl (C=O) groups excluding carboxylic acids is 2. The van der Waals surface area contributed by atoms with Gasteiger partial charge in [0.15, 0.2) is 0 Å². The molecule has 3 atom stereocenters. The molecule has 5 rings (SSSR count). The van der Waals surface area contributed by atoms with Gasteiger partial charge in [-0.1, -0.05) is 73.7 Å². The summed E-state index contributed by atoms with van der Waals surface area (Å²) < 4.78 is 10.6. The smallest absolute Gasteiger partial charge is 0.416 e. The molecule has 2 aliphatic heterocycles. The molecular formula is C24H23NO4. The van der Waals surface area contributed by atoms with Crippen LogP contribution in [0.2, 0.25) is 0 Å². The molecule has 0 aromatic heterocycles. The molecule has 1 aliphatic carbocycles. The maximum absolute atomic E-state index is 13.0. The first-order valence-electron chi connectivity index (χ1n) is 9.60. The van der Waals surface area contributed by atoms with Crippen molar-refractivity contribution in [1.82, 2.24) is 4.90 Å². The van der Waals surface area contributed by atoms with Gasteiger partial charge in [-0.3, -0.25) is 4.90 Å². The molecular weight excluding hydrogens is 366 g/mol. The summed E-state index contributed by atoms with van der Waals surface area (Å²) in [5.41, 5.74) is 1.15. The molecule has 0 unspecified atom stereocenters. The van der Waals surface area contributed by atoms with E-state index < -0.39 is 18.1 Å². The van der Waals surface area contributed by atoms with E-state index in [2.05, 4.69) is 13.0 Å². The molecule has 3 aliphatic rings. The Kier molecular flexibility index (Phi) is 4.97.